The molecule has 4 rings (SSSR count). The predicted molar refractivity (Wildman–Crippen MR) is 107 cm³/mol. The molecular formula is C23H27FN2O2. The summed E-state index contributed by atoms with van der Waals surface area (Å²) in [6.07, 6.45) is 3.53. The Hall–Kier alpha value is -2.24. The molecule has 0 spiro atoms. The maximum atomic E-state index is 13.8. The van der Waals surface area contributed by atoms with Gasteiger partial charge in [-0.3, -0.25) is 4.90 Å². The maximum absolute atomic E-state index is 13.8. The second-order valence-corrected chi connectivity index (χ2v) is 8.11. The third-order valence-electron chi connectivity index (χ3n) is 6.06. The van der Waals surface area contributed by atoms with E-state index in [1.165, 1.54) is 24.1 Å². The molecule has 148 valence electrons. The van der Waals surface area contributed by atoms with E-state index in [1.807, 2.05) is 0 Å². The lowest BCUT2D eigenvalue weighted by Crippen LogP contribution is -2.37. The zero-order chi connectivity index (χ0) is 19.5. The number of carboxylic acids is 1. The SMILES string of the molecule is O=C(O)c1ccc(CN2CCC(CNC3CC3c3ccccc3)CC2)cc1F. The number of likely N-dealkylation sites (tertiary alicyclic amines) is 1. The normalized spacial score (nSPS) is 22.9. The van der Waals surface area contributed by atoms with Gasteiger partial charge < -0.3 is 10.4 Å². The van der Waals surface area contributed by atoms with E-state index >= 15 is 0 Å². The monoisotopic (exact) mass is 382 g/mol. The maximum Gasteiger partial charge on any atom is 0.338 e. The number of hydrogen-bond acceptors (Lipinski definition) is 3. The summed E-state index contributed by atoms with van der Waals surface area (Å²) in [4.78, 5) is 13.2. The molecule has 2 fully saturated rings. The minimum absolute atomic E-state index is 0.262. The van der Waals surface area contributed by atoms with E-state index in [4.69, 9.17) is 5.11 Å². The Morgan fingerprint density at radius 2 is 1.89 bits per heavy atom. The van der Waals surface area contributed by atoms with Crippen molar-refractivity contribution >= 4 is 5.97 Å². The lowest BCUT2D eigenvalue weighted by atomic mass is 9.96. The van der Waals surface area contributed by atoms with Gasteiger partial charge in [0.2, 0.25) is 0 Å². The quantitative estimate of drug-likeness (QED) is 0.763. The van der Waals surface area contributed by atoms with Gasteiger partial charge in [-0.15, -0.1) is 0 Å². The van der Waals surface area contributed by atoms with Crippen molar-refractivity contribution in [2.24, 2.45) is 5.92 Å². The second kappa shape index (κ2) is 8.41. The molecule has 4 nitrogen and oxygen atoms in total. The third kappa shape index (κ3) is 4.59. The van der Waals surface area contributed by atoms with E-state index in [2.05, 4.69) is 40.5 Å². The highest BCUT2D eigenvalue weighted by atomic mass is 19.1. The molecule has 0 bridgehead atoms. The Morgan fingerprint density at radius 1 is 1.14 bits per heavy atom. The summed E-state index contributed by atoms with van der Waals surface area (Å²) < 4.78 is 13.8. The van der Waals surface area contributed by atoms with Crippen LogP contribution in [0.25, 0.3) is 0 Å². The molecule has 1 heterocycles. The molecule has 1 aliphatic carbocycles. The van der Waals surface area contributed by atoms with E-state index in [1.54, 1.807) is 6.07 Å². The van der Waals surface area contributed by atoms with Crippen molar-refractivity contribution in [1.29, 1.82) is 0 Å². The number of piperidine rings is 1. The van der Waals surface area contributed by atoms with Crippen LogP contribution in [0, 0.1) is 11.7 Å². The summed E-state index contributed by atoms with van der Waals surface area (Å²) in [7, 11) is 0. The lowest BCUT2D eigenvalue weighted by molar-refractivity contribution is 0.0692. The van der Waals surface area contributed by atoms with Gasteiger partial charge in [0.15, 0.2) is 0 Å². The van der Waals surface area contributed by atoms with Crippen LogP contribution in [0.15, 0.2) is 48.5 Å². The van der Waals surface area contributed by atoms with Crippen LogP contribution in [0.3, 0.4) is 0 Å². The van der Waals surface area contributed by atoms with Crippen molar-refractivity contribution in [3.05, 3.63) is 71.0 Å². The van der Waals surface area contributed by atoms with Gasteiger partial charge in [0, 0.05) is 18.5 Å². The van der Waals surface area contributed by atoms with Crippen LogP contribution in [0.4, 0.5) is 4.39 Å². The van der Waals surface area contributed by atoms with Crippen molar-refractivity contribution in [3.8, 4) is 0 Å². The van der Waals surface area contributed by atoms with Crippen LogP contribution >= 0.6 is 0 Å². The number of carbonyl (C=O) groups is 1. The standard InChI is InChI=1S/C23H27FN2O2/c24-21-12-17(6-7-19(21)23(27)28)15-26-10-8-16(9-11-26)14-25-22-13-20(22)18-4-2-1-3-5-18/h1-7,12,16,20,22,25H,8-11,13-15H2,(H,27,28). The Labute approximate surface area is 165 Å². The molecule has 2 aromatic rings. The number of halogens is 1. The van der Waals surface area contributed by atoms with Gasteiger partial charge in [-0.1, -0.05) is 36.4 Å². The molecule has 0 aromatic heterocycles. The Balaban J connectivity index is 1.19. The fourth-order valence-corrected chi connectivity index (χ4v) is 4.24. The highest BCUT2D eigenvalue weighted by molar-refractivity contribution is 5.87. The molecule has 1 saturated carbocycles. The van der Waals surface area contributed by atoms with Gasteiger partial charge in [-0.2, -0.15) is 0 Å². The number of carboxylic acid groups (broad SMARTS) is 1. The Kier molecular flexibility index (Phi) is 5.74. The molecular weight excluding hydrogens is 355 g/mol. The van der Waals surface area contributed by atoms with Gasteiger partial charge in [0.25, 0.3) is 0 Å². The summed E-state index contributed by atoms with van der Waals surface area (Å²) in [5.41, 5.74) is 2.01. The van der Waals surface area contributed by atoms with E-state index in [0.717, 1.165) is 38.0 Å². The van der Waals surface area contributed by atoms with E-state index in [9.17, 15) is 9.18 Å². The first kappa shape index (κ1) is 19.1. The first-order valence-corrected chi connectivity index (χ1v) is 10.1. The van der Waals surface area contributed by atoms with E-state index in [-0.39, 0.29) is 5.56 Å². The molecule has 2 aliphatic rings. The van der Waals surface area contributed by atoms with Gasteiger partial charge in [-0.05, 0) is 68.1 Å². The number of rotatable bonds is 7. The van der Waals surface area contributed by atoms with Gasteiger partial charge in [-0.25, -0.2) is 9.18 Å². The molecule has 0 amide bonds. The van der Waals surface area contributed by atoms with E-state index in [0.29, 0.717) is 24.4 Å². The summed E-state index contributed by atoms with van der Waals surface area (Å²) in [6, 6.07) is 15.8. The van der Waals surface area contributed by atoms with Crippen LogP contribution in [0.5, 0.6) is 0 Å². The average Bonchev–Trinajstić information content (AvgIpc) is 3.48. The summed E-state index contributed by atoms with van der Waals surface area (Å²) >= 11 is 0. The summed E-state index contributed by atoms with van der Waals surface area (Å²) in [5, 5.41) is 12.7. The highest BCUT2D eigenvalue weighted by Gasteiger charge is 2.38. The van der Waals surface area contributed by atoms with Gasteiger partial charge in [0.1, 0.15) is 5.82 Å². The molecule has 28 heavy (non-hydrogen) atoms. The fourth-order valence-electron chi connectivity index (χ4n) is 4.24. The van der Waals surface area contributed by atoms with Crippen LogP contribution in [-0.4, -0.2) is 41.7 Å². The number of benzene rings is 2. The second-order valence-electron chi connectivity index (χ2n) is 8.11. The minimum Gasteiger partial charge on any atom is -0.478 e. The van der Waals surface area contributed by atoms with Crippen molar-refractivity contribution in [3.63, 3.8) is 0 Å². The zero-order valence-electron chi connectivity index (χ0n) is 16.0. The Bertz CT molecular complexity index is 819. The third-order valence-corrected chi connectivity index (χ3v) is 6.06. The fraction of sp³-hybridized carbons (Fsp3) is 0.435. The zero-order valence-corrected chi connectivity index (χ0v) is 16.0. The average molecular weight is 382 g/mol. The largest absolute Gasteiger partial charge is 0.478 e. The smallest absolute Gasteiger partial charge is 0.338 e. The van der Waals surface area contributed by atoms with Crippen molar-refractivity contribution in [2.75, 3.05) is 19.6 Å². The number of aromatic carboxylic acids is 1. The molecule has 2 unspecified atom stereocenters. The first-order chi connectivity index (χ1) is 13.6. The molecule has 2 N–H and O–H groups in total. The highest BCUT2D eigenvalue weighted by Crippen LogP contribution is 2.40. The predicted octanol–water partition coefficient (Wildman–Crippen LogP) is 3.88. The summed E-state index contributed by atoms with van der Waals surface area (Å²) in [6.45, 7) is 3.75. The first-order valence-electron chi connectivity index (χ1n) is 10.1. The number of nitrogens with zero attached hydrogens (tertiary/aromatic N) is 1. The van der Waals surface area contributed by atoms with Crippen LogP contribution < -0.4 is 5.32 Å². The van der Waals surface area contributed by atoms with Gasteiger partial charge >= 0.3 is 5.97 Å². The number of hydrogen-bond donors (Lipinski definition) is 2. The van der Waals surface area contributed by atoms with Crippen molar-refractivity contribution < 1.29 is 14.3 Å². The van der Waals surface area contributed by atoms with Crippen molar-refractivity contribution in [2.45, 2.75) is 37.8 Å². The number of nitrogens with one attached hydrogen (secondary N) is 1. The molecule has 0 radical (unpaired) electrons. The Morgan fingerprint density at radius 3 is 2.57 bits per heavy atom. The van der Waals surface area contributed by atoms with E-state index < -0.39 is 11.8 Å². The van der Waals surface area contributed by atoms with Crippen LogP contribution in [0.2, 0.25) is 0 Å². The molecule has 5 heteroatoms. The van der Waals surface area contributed by atoms with Crippen LogP contribution in [0.1, 0.15) is 46.7 Å². The molecule has 2 aromatic carbocycles. The van der Waals surface area contributed by atoms with Gasteiger partial charge in [0.05, 0.1) is 5.56 Å². The summed E-state index contributed by atoms with van der Waals surface area (Å²) in [5.74, 6) is -0.506. The molecule has 1 saturated heterocycles. The van der Waals surface area contributed by atoms with Crippen molar-refractivity contribution in [1.82, 2.24) is 10.2 Å². The topological polar surface area (TPSA) is 52.6 Å². The lowest BCUT2D eigenvalue weighted by Gasteiger charge is -2.32. The van der Waals surface area contributed by atoms with Crippen LogP contribution in [-0.2, 0) is 6.54 Å². The molecule has 1 aliphatic heterocycles. The molecule has 2 atom stereocenters. The minimum atomic E-state index is -1.22.